The first-order chi connectivity index (χ1) is 11.6. The van der Waals surface area contributed by atoms with Gasteiger partial charge in [-0.3, -0.25) is 4.79 Å². The summed E-state index contributed by atoms with van der Waals surface area (Å²) in [5, 5.41) is 3.06. The van der Waals surface area contributed by atoms with Gasteiger partial charge in [-0.1, -0.05) is 47.5 Å². The number of hydrogen-bond acceptors (Lipinski definition) is 4. The fourth-order valence-electron chi connectivity index (χ4n) is 1.80. The van der Waals surface area contributed by atoms with E-state index >= 15 is 0 Å². The number of thioether (sulfide) groups is 1. The molecule has 126 valence electrons. The van der Waals surface area contributed by atoms with E-state index in [-0.39, 0.29) is 28.1 Å². The topological polar surface area (TPSA) is 55.4 Å². The molecule has 0 aromatic heterocycles. The van der Waals surface area contributed by atoms with Crippen LogP contribution < -0.4 is 5.32 Å². The predicted octanol–water partition coefficient (Wildman–Crippen LogP) is 4.06. The van der Waals surface area contributed by atoms with Gasteiger partial charge >= 0.3 is 5.97 Å². The van der Waals surface area contributed by atoms with Crippen molar-refractivity contribution in [3.05, 3.63) is 64.1 Å². The van der Waals surface area contributed by atoms with Gasteiger partial charge in [0.15, 0.2) is 6.61 Å². The number of rotatable bonds is 7. The Balaban J connectivity index is 1.69. The van der Waals surface area contributed by atoms with Gasteiger partial charge in [0.05, 0.1) is 15.6 Å². The predicted molar refractivity (Wildman–Crippen MR) is 96.9 cm³/mol. The molecule has 0 unspecified atom stereocenters. The van der Waals surface area contributed by atoms with Gasteiger partial charge in [0.25, 0.3) is 5.91 Å². The average Bonchev–Trinajstić information content (AvgIpc) is 2.60. The third-order valence-electron chi connectivity index (χ3n) is 2.94. The van der Waals surface area contributed by atoms with E-state index < -0.39 is 5.97 Å². The standard InChI is InChI=1S/C17H15Cl2NO3S/c18-14-8-4-7-13(16(14)19)17(22)23-11-15(21)20-9-10-24-12-5-2-1-3-6-12/h1-8H,9-11H2,(H,20,21). The van der Waals surface area contributed by atoms with Gasteiger partial charge in [0, 0.05) is 17.2 Å². The summed E-state index contributed by atoms with van der Waals surface area (Å²) >= 11 is 13.4. The Hall–Kier alpha value is -1.69. The first-order valence-electron chi connectivity index (χ1n) is 7.13. The van der Waals surface area contributed by atoms with Crippen LogP contribution in [0.4, 0.5) is 0 Å². The molecule has 0 aliphatic carbocycles. The number of carbonyl (C=O) groups is 2. The zero-order valence-electron chi connectivity index (χ0n) is 12.6. The Bertz CT molecular complexity index is 710. The third kappa shape index (κ3) is 5.74. The molecule has 0 saturated heterocycles. The van der Waals surface area contributed by atoms with E-state index in [2.05, 4.69) is 5.32 Å². The second-order valence-corrected chi connectivity index (χ2v) is 6.64. The summed E-state index contributed by atoms with van der Waals surface area (Å²) in [5.41, 5.74) is 0.136. The summed E-state index contributed by atoms with van der Waals surface area (Å²) in [5.74, 6) is -0.324. The third-order valence-corrected chi connectivity index (χ3v) is 4.77. The van der Waals surface area contributed by atoms with Gasteiger partial charge < -0.3 is 10.1 Å². The largest absolute Gasteiger partial charge is 0.452 e. The molecule has 1 N–H and O–H groups in total. The summed E-state index contributed by atoms with van der Waals surface area (Å²) in [6.07, 6.45) is 0. The number of esters is 1. The van der Waals surface area contributed by atoms with Crippen LogP contribution in [0.2, 0.25) is 10.0 Å². The first-order valence-corrected chi connectivity index (χ1v) is 8.88. The minimum Gasteiger partial charge on any atom is -0.452 e. The zero-order valence-corrected chi connectivity index (χ0v) is 15.0. The van der Waals surface area contributed by atoms with Gasteiger partial charge in [-0.15, -0.1) is 11.8 Å². The van der Waals surface area contributed by atoms with Crippen molar-refractivity contribution < 1.29 is 14.3 Å². The van der Waals surface area contributed by atoms with Crippen LogP contribution in [-0.2, 0) is 9.53 Å². The van der Waals surface area contributed by atoms with Crippen LogP contribution in [0, 0.1) is 0 Å². The van der Waals surface area contributed by atoms with Crippen molar-refractivity contribution in [2.45, 2.75) is 4.90 Å². The molecule has 0 heterocycles. The first kappa shape index (κ1) is 18.6. The summed E-state index contributed by atoms with van der Waals surface area (Å²) in [6, 6.07) is 14.5. The molecule has 2 aromatic carbocycles. The van der Waals surface area contributed by atoms with Crippen molar-refractivity contribution in [2.24, 2.45) is 0 Å². The van der Waals surface area contributed by atoms with E-state index in [1.54, 1.807) is 23.9 Å². The van der Waals surface area contributed by atoms with Gasteiger partial charge in [-0.2, -0.15) is 0 Å². The number of amides is 1. The molecule has 0 atom stereocenters. The minimum absolute atomic E-state index is 0.115. The van der Waals surface area contributed by atoms with Gasteiger partial charge in [0.2, 0.25) is 0 Å². The van der Waals surface area contributed by atoms with Crippen molar-refractivity contribution in [3.63, 3.8) is 0 Å². The highest BCUT2D eigenvalue weighted by Gasteiger charge is 2.15. The Morgan fingerprint density at radius 1 is 1.04 bits per heavy atom. The van der Waals surface area contributed by atoms with Crippen molar-refractivity contribution in [3.8, 4) is 0 Å². The quantitative estimate of drug-likeness (QED) is 0.444. The van der Waals surface area contributed by atoms with Crippen LogP contribution in [0.15, 0.2) is 53.4 Å². The smallest absolute Gasteiger partial charge is 0.340 e. The Labute approximate surface area is 154 Å². The fourth-order valence-corrected chi connectivity index (χ4v) is 2.96. The van der Waals surface area contributed by atoms with Crippen molar-refractivity contribution in [1.29, 1.82) is 0 Å². The maximum atomic E-state index is 11.9. The maximum Gasteiger partial charge on any atom is 0.340 e. The van der Waals surface area contributed by atoms with Gasteiger partial charge in [-0.05, 0) is 24.3 Å². The van der Waals surface area contributed by atoms with Crippen LogP contribution in [0.25, 0.3) is 0 Å². The lowest BCUT2D eigenvalue weighted by Gasteiger charge is -2.08. The lowest BCUT2D eigenvalue weighted by molar-refractivity contribution is -0.124. The molecule has 24 heavy (non-hydrogen) atoms. The molecule has 0 fully saturated rings. The number of benzene rings is 2. The maximum absolute atomic E-state index is 11.9. The zero-order chi connectivity index (χ0) is 17.4. The van der Waals surface area contributed by atoms with Crippen LogP contribution in [0.1, 0.15) is 10.4 Å². The lowest BCUT2D eigenvalue weighted by atomic mass is 10.2. The number of hydrogen-bond donors (Lipinski definition) is 1. The highest BCUT2D eigenvalue weighted by Crippen LogP contribution is 2.25. The average molecular weight is 384 g/mol. The highest BCUT2D eigenvalue weighted by atomic mass is 35.5. The monoisotopic (exact) mass is 383 g/mol. The second kappa shape index (κ2) is 9.57. The molecular weight excluding hydrogens is 369 g/mol. The Kier molecular flexibility index (Phi) is 7.43. The molecule has 0 spiro atoms. The molecular formula is C17H15Cl2NO3S. The molecule has 4 nitrogen and oxygen atoms in total. The molecule has 7 heteroatoms. The van der Waals surface area contributed by atoms with Crippen molar-refractivity contribution >= 4 is 46.8 Å². The summed E-state index contributed by atoms with van der Waals surface area (Å²) in [7, 11) is 0. The number of ether oxygens (including phenoxy) is 1. The Morgan fingerprint density at radius 2 is 1.79 bits per heavy atom. The SMILES string of the molecule is O=C(COC(=O)c1cccc(Cl)c1Cl)NCCSc1ccccc1. The molecule has 0 aliphatic heterocycles. The molecule has 0 radical (unpaired) electrons. The lowest BCUT2D eigenvalue weighted by Crippen LogP contribution is -2.30. The van der Waals surface area contributed by atoms with Gasteiger partial charge in [0.1, 0.15) is 0 Å². The van der Waals surface area contributed by atoms with E-state index in [1.807, 2.05) is 30.3 Å². The second-order valence-electron chi connectivity index (χ2n) is 4.69. The van der Waals surface area contributed by atoms with Crippen LogP contribution in [0.3, 0.4) is 0 Å². The minimum atomic E-state index is -0.684. The van der Waals surface area contributed by atoms with Crippen LogP contribution >= 0.6 is 35.0 Å². The highest BCUT2D eigenvalue weighted by molar-refractivity contribution is 7.99. The Morgan fingerprint density at radius 3 is 2.54 bits per heavy atom. The molecule has 2 rings (SSSR count). The fraction of sp³-hybridized carbons (Fsp3) is 0.176. The van der Waals surface area contributed by atoms with Crippen LogP contribution in [-0.4, -0.2) is 30.8 Å². The number of nitrogens with one attached hydrogen (secondary N) is 1. The summed E-state index contributed by atoms with van der Waals surface area (Å²) < 4.78 is 4.94. The normalized spacial score (nSPS) is 10.2. The van der Waals surface area contributed by atoms with E-state index in [9.17, 15) is 9.59 Å². The molecule has 0 saturated carbocycles. The molecule has 0 aliphatic rings. The van der Waals surface area contributed by atoms with E-state index in [1.165, 1.54) is 6.07 Å². The van der Waals surface area contributed by atoms with E-state index in [0.29, 0.717) is 6.54 Å². The van der Waals surface area contributed by atoms with Crippen LogP contribution in [0.5, 0.6) is 0 Å². The number of halogens is 2. The summed E-state index contributed by atoms with van der Waals surface area (Å²) in [4.78, 5) is 24.7. The van der Waals surface area contributed by atoms with E-state index in [4.69, 9.17) is 27.9 Å². The molecule has 1 amide bonds. The molecule has 2 aromatic rings. The van der Waals surface area contributed by atoms with E-state index in [0.717, 1.165) is 10.6 Å². The summed E-state index contributed by atoms with van der Waals surface area (Å²) in [6.45, 7) is 0.117. The van der Waals surface area contributed by atoms with Crippen molar-refractivity contribution in [2.75, 3.05) is 18.9 Å². The number of carbonyl (C=O) groups excluding carboxylic acids is 2. The molecule has 0 bridgehead atoms. The van der Waals surface area contributed by atoms with Gasteiger partial charge in [-0.25, -0.2) is 4.79 Å². The van der Waals surface area contributed by atoms with Crippen molar-refractivity contribution in [1.82, 2.24) is 5.32 Å².